The van der Waals surface area contributed by atoms with E-state index in [1.54, 1.807) is 0 Å². The quantitative estimate of drug-likeness (QED) is 0.164. The molecule has 0 saturated carbocycles. The fourth-order valence-corrected chi connectivity index (χ4v) is 10.6. The Kier molecular flexibility index (Phi) is 6.09. The topological polar surface area (TPSA) is 0 Å². The fourth-order valence-electron chi connectivity index (χ4n) is 8.25. The summed E-state index contributed by atoms with van der Waals surface area (Å²) in [7, 11) is 0. The van der Waals surface area contributed by atoms with Crippen molar-refractivity contribution in [2.24, 2.45) is 0 Å². The average molecular weight is 669 g/mol. The minimum absolute atomic E-state index is 1.23. The third-order valence-corrected chi connectivity index (χ3v) is 12.8. The van der Waals surface area contributed by atoms with Crippen molar-refractivity contribution in [3.8, 4) is 33.4 Å². The summed E-state index contributed by atoms with van der Waals surface area (Å²) in [5, 5.41) is 13.2. The second-order valence-corrected chi connectivity index (χ2v) is 15.3. The molecule has 0 bridgehead atoms. The third kappa shape index (κ3) is 4.10. The minimum atomic E-state index is 1.23. The third-order valence-electron chi connectivity index (χ3n) is 10.4. The highest BCUT2D eigenvalue weighted by Crippen LogP contribution is 2.47. The Hall–Kier alpha value is -5.80. The molecule has 0 aliphatic carbocycles. The van der Waals surface area contributed by atoms with Gasteiger partial charge in [0.05, 0.1) is 0 Å². The summed E-state index contributed by atoms with van der Waals surface area (Å²) in [6.07, 6.45) is 0. The number of rotatable bonds is 3. The highest BCUT2D eigenvalue weighted by atomic mass is 32.1. The average Bonchev–Trinajstić information content (AvgIpc) is 3.75. The summed E-state index contributed by atoms with van der Waals surface area (Å²) in [4.78, 5) is 0. The molecule has 2 heteroatoms. The minimum Gasteiger partial charge on any atom is -0.135 e. The molecular formula is C48H28S2. The molecule has 11 aromatic rings. The van der Waals surface area contributed by atoms with Crippen LogP contribution >= 0.6 is 22.7 Å². The van der Waals surface area contributed by atoms with Crippen LogP contribution in [0.3, 0.4) is 0 Å². The first-order valence-electron chi connectivity index (χ1n) is 17.1. The molecule has 2 aromatic heterocycles. The number of thiophene rings is 2. The van der Waals surface area contributed by atoms with Crippen LogP contribution in [0.4, 0.5) is 0 Å². The zero-order chi connectivity index (χ0) is 32.8. The van der Waals surface area contributed by atoms with Gasteiger partial charge in [-0.1, -0.05) is 140 Å². The molecule has 9 aromatic carbocycles. The Bertz CT molecular complexity index is 3080. The maximum atomic E-state index is 2.44. The number of hydrogen-bond donors (Lipinski definition) is 0. The van der Waals surface area contributed by atoms with E-state index in [0.29, 0.717) is 0 Å². The van der Waals surface area contributed by atoms with Gasteiger partial charge in [0, 0.05) is 45.7 Å². The Balaban J connectivity index is 1.15. The lowest BCUT2D eigenvalue weighted by atomic mass is 9.85. The Morgan fingerprint density at radius 3 is 1.60 bits per heavy atom. The molecule has 0 fully saturated rings. The zero-order valence-electron chi connectivity index (χ0n) is 27.0. The summed E-state index contributed by atoms with van der Waals surface area (Å²) in [5.74, 6) is 0. The van der Waals surface area contributed by atoms with Crippen molar-refractivity contribution in [3.63, 3.8) is 0 Å². The van der Waals surface area contributed by atoms with E-state index in [1.165, 1.54) is 106 Å². The predicted molar refractivity (Wildman–Crippen MR) is 221 cm³/mol. The number of fused-ring (bicyclic) bond motifs is 11. The van der Waals surface area contributed by atoms with Gasteiger partial charge in [-0.3, -0.25) is 0 Å². The van der Waals surface area contributed by atoms with E-state index in [4.69, 9.17) is 0 Å². The van der Waals surface area contributed by atoms with Crippen molar-refractivity contribution < 1.29 is 0 Å². The molecule has 0 N–H and O–H groups in total. The van der Waals surface area contributed by atoms with Crippen LogP contribution < -0.4 is 0 Å². The molecule has 0 amide bonds. The normalized spacial score (nSPS) is 12.0. The molecule has 0 unspecified atom stereocenters. The van der Waals surface area contributed by atoms with E-state index in [-0.39, 0.29) is 0 Å². The van der Waals surface area contributed by atoms with Gasteiger partial charge >= 0.3 is 0 Å². The molecule has 0 atom stereocenters. The summed E-state index contributed by atoms with van der Waals surface area (Å²) >= 11 is 3.83. The molecule has 0 aliphatic heterocycles. The largest absolute Gasteiger partial charge is 0.135 e. The molecule has 0 aliphatic rings. The standard InChI is InChI=1S/C48H28S2/c1-2-11-29(12-3-1)44-35-16-4-6-18-37(35)45(38-19-7-5-17-36(38)44)33-14-10-13-31(27-33)32-23-25-42-40(28-32)47-43(49-42)26-22-30-21-24-39-34-15-8-9-20-41(34)50-48(39)46(30)47/h1-28H. The summed E-state index contributed by atoms with van der Waals surface area (Å²) in [6, 6.07) is 63.0. The van der Waals surface area contributed by atoms with Crippen LogP contribution in [0.15, 0.2) is 170 Å². The first kappa shape index (κ1) is 28.1. The molecule has 0 spiro atoms. The van der Waals surface area contributed by atoms with Gasteiger partial charge in [-0.05, 0) is 90.6 Å². The van der Waals surface area contributed by atoms with Crippen molar-refractivity contribution in [1.82, 2.24) is 0 Å². The monoisotopic (exact) mass is 668 g/mol. The van der Waals surface area contributed by atoms with Gasteiger partial charge in [0.1, 0.15) is 0 Å². The van der Waals surface area contributed by atoms with E-state index in [0.717, 1.165) is 0 Å². The van der Waals surface area contributed by atoms with Crippen LogP contribution in [0.1, 0.15) is 0 Å². The van der Waals surface area contributed by atoms with Gasteiger partial charge in [-0.25, -0.2) is 0 Å². The van der Waals surface area contributed by atoms with E-state index < -0.39 is 0 Å². The molecule has 0 radical (unpaired) electrons. The summed E-state index contributed by atoms with van der Waals surface area (Å²) < 4.78 is 5.42. The van der Waals surface area contributed by atoms with Crippen molar-refractivity contribution >= 4 is 95.3 Å². The van der Waals surface area contributed by atoms with Crippen molar-refractivity contribution in [1.29, 1.82) is 0 Å². The fraction of sp³-hybridized carbons (Fsp3) is 0. The zero-order valence-corrected chi connectivity index (χ0v) is 28.6. The van der Waals surface area contributed by atoms with Crippen molar-refractivity contribution in [3.05, 3.63) is 170 Å². The lowest BCUT2D eigenvalue weighted by Gasteiger charge is -2.18. The molecular weight excluding hydrogens is 641 g/mol. The Morgan fingerprint density at radius 1 is 0.280 bits per heavy atom. The molecule has 232 valence electrons. The predicted octanol–water partition coefficient (Wildman–Crippen LogP) is 14.9. The van der Waals surface area contributed by atoms with Gasteiger partial charge < -0.3 is 0 Å². The van der Waals surface area contributed by atoms with Crippen molar-refractivity contribution in [2.75, 3.05) is 0 Å². The SMILES string of the molecule is c1ccc(-c2c3ccccc3c(-c3cccc(-c4ccc5sc6ccc7ccc8c9ccccc9sc8c7c6c5c4)c3)c3ccccc23)cc1. The molecule has 11 rings (SSSR count). The molecule has 0 saturated heterocycles. The van der Waals surface area contributed by atoms with Crippen LogP contribution in [-0.2, 0) is 0 Å². The van der Waals surface area contributed by atoms with Crippen LogP contribution in [0.2, 0.25) is 0 Å². The Morgan fingerprint density at radius 2 is 0.840 bits per heavy atom. The summed E-state index contributed by atoms with van der Waals surface area (Å²) in [5.41, 5.74) is 7.55. The van der Waals surface area contributed by atoms with Crippen LogP contribution in [0, 0.1) is 0 Å². The van der Waals surface area contributed by atoms with Gasteiger partial charge in [0.25, 0.3) is 0 Å². The van der Waals surface area contributed by atoms with Gasteiger partial charge in [-0.15, -0.1) is 22.7 Å². The molecule has 2 heterocycles. The van der Waals surface area contributed by atoms with Crippen LogP contribution in [-0.4, -0.2) is 0 Å². The van der Waals surface area contributed by atoms with E-state index in [2.05, 4.69) is 170 Å². The van der Waals surface area contributed by atoms with Crippen LogP contribution in [0.25, 0.3) is 106 Å². The number of hydrogen-bond acceptors (Lipinski definition) is 2. The first-order chi connectivity index (χ1) is 24.8. The van der Waals surface area contributed by atoms with Gasteiger partial charge in [-0.2, -0.15) is 0 Å². The maximum Gasteiger partial charge on any atom is 0.0440 e. The van der Waals surface area contributed by atoms with E-state index in [1.807, 2.05) is 22.7 Å². The lowest BCUT2D eigenvalue weighted by Crippen LogP contribution is -1.91. The number of benzene rings is 9. The first-order valence-corrected chi connectivity index (χ1v) is 18.7. The van der Waals surface area contributed by atoms with Crippen molar-refractivity contribution in [2.45, 2.75) is 0 Å². The highest BCUT2D eigenvalue weighted by Gasteiger charge is 2.18. The highest BCUT2D eigenvalue weighted by molar-refractivity contribution is 7.28. The molecule has 50 heavy (non-hydrogen) atoms. The van der Waals surface area contributed by atoms with E-state index >= 15 is 0 Å². The van der Waals surface area contributed by atoms with Crippen LogP contribution in [0.5, 0.6) is 0 Å². The second-order valence-electron chi connectivity index (χ2n) is 13.2. The summed E-state index contributed by atoms with van der Waals surface area (Å²) in [6.45, 7) is 0. The smallest absolute Gasteiger partial charge is 0.0440 e. The second kappa shape index (κ2) is 10.9. The van der Waals surface area contributed by atoms with E-state index in [9.17, 15) is 0 Å². The lowest BCUT2D eigenvalue weighted by molar-refractivity contribution is 1.63. The van der Waals surface area contributed by atoms with Gasteiger partial charge in [0.15, 0.2) is 0 Å². The van der Waals surface area contributed by atoms with Gasteiger partial charge in [0.2, 0.25) is 0 Å². The Labute approximate surface area is 297 Å². The maximum absolute atomic E-state index is 2.44. The molecule has 0 nitrogen and oxygen atoms in total.